The number of rotatable bonds is 7. The zero-order valence-electron chi connectivity index (χ0n) is 16.8. The van der Waals surface area contributed by atoms with Crippen LogP contribution >= 0.6 is 11.6 Å². The first kappa shape index (κ1) is 21.4. The number of hydrogen-bond donors (Lipinski definition) is 2. The zero-order valence-corrected chi connectivity index (χ0v) is 17.5. The molecule has 0 fully saturated rings. The van der Waals surface area contributed by atoms with Gasteiger partial charge in [-0.05, 0) is 55.3 Å². The van der Waals surface area contributed by atoms with Gasteiger partial charge in [0.05, 0.1) is 10.6 Å². The molecule has 5 nitrogen and oxygen atoms in total. The van der Waals surface area contributed by atoms with E-state index in [4.69, 9.17) is 11.6 Å². The van der Waals surface area contributed by atoms with E-state index in [9.17, 15) is 9.59 Å². The van der Waals surface area contributed by atoms with Gasteiger partial charge in [0.15, 0.2) is 0 Å². The number of amides is 3. The summed E-state index contributed by atoms with van der Waals surface area (Å²) in [4.78, 5) is 26.9. The van der Waals surface area contributed by atoms with Gasteiger partial charge in [-0.2, -0.15) is 0 Å². The first-order valence-corrected chi connectivity index (χ1v) is 10.2. The summed E-state index contributed by atoms with van der Waals surface area (Å²) in [6.45, 7) is 2.85. The van der Waals surface area contributed by atoms with Crippen LogP contribution in [-0.4, -0.2) is 25.0 Å². The molecular weight excluding hydrogens is 398 g/mol. The summed E-state index contributed by atoms with van der Waals surface area (Å²) in [7, 11) is 0. The predicted octanol–water partition coefficient (Wildman–Crippen LogP) is 5.51. The Hall–Kier alpha value is -3.31. The average Bonchev–Trinajstić information content (AvgIpc) is 2.74. The number of aryl methyl sites for hydroxylation is 1. The van der Waals surface area contributed by atoms with Crippen LogP contribution in [0.5, 0.6) is 0 Å². The molecule has 0 saturated carbocycles. The summed E-state index contributed by atoms with van der Waals surface area (Å²) in [6.07, 6.45) is 0.590. The van der Waals surface area contributed by atoms with Gasteiger partial charge >= 0.3 is 6.03 Å². The van der Waals surface area contributed by atoms with Crippen LogP contribution in [0, 0.1) is 6.92 Å². The Morgan fingerprint density at radius 3 is 2.40 bits per heavy atom. The molecule has 154 valence electrons. The molecule has 2 N–H and O–H groups in total. The third-order valence-electron chi connectivity index (χ3n) is 4.54. The molecule has 3 aromatic rings. The smallest absolute Gasteiger partial charge is 0.326 e. The molecule has 0 bridgehead atoms. The van der Waals surface area contributed by atoms with Gasteiger partial charge in [0.1, 0.15) is 0 Å². The van der Waals surface area contributed by atoms with Gasteiger partial charge < -0.3 is 10.6 Å². The monoisotopic (exact) mass is 421 g/mol. The zero-order chi connectivity index (χ0) is 21.3. The van der Waals surface area contributed by atoms with E-state index in [1.807, 2.05) is 61.5 Å². The third-order valence-corrected chi connectivity index (χ3v) is 4.87. The number of para-hydroxylation sites is 1. The van der Waals surface area contributed by atoms with Crippen molar-refractivity contribution in [2.75, 3.05) is 23.3 Å². The van der Waals surface area contributed by atoms with Gasteiger partial charge in [0.2, 0.25) is 0 Å². The van der Waals surface area contributed by atoms with E-state index in [1.54, 1.807) is 29.2 Å². The highest BCUT2D eigenvalue weighted by molar-refractivity contribution is 6.33. The second-order valence-electron chi connectivity index (χ2n) is 6.88. The van der Waals surface area contributed by atoms with Crippen LogP contribution in [0.25, 0.3) is 0 Å². The number of nitrogens with one attached hydrogen (secondary N) is 2. The molecule has 0 unspecified atom stereocenters. The van der Waals surface area contributed by atoms with Gasteiger partial charge in [0, 0.05) is 24.5 Å². The first-order chi connectivity index (χ1) is 14.5. The molecule has 0 aliphatic heterocycles. The molecule has 0 atom stereocenters. The standard InChI is InChI=1S/C24H24ClN3O2/c1-18-9-7-10-19(17-18)27-24(30)28(20-11-3-2-4-12-20)16-8-15-26-23(29)21-13-5-6-14-22(21)25/h2-7,9-14,17H,8,15-16H2,1H3,(H,26,29)(H,27,30). The Kier molecular flexibility index (Phi) is 7.46. The number of carbonyl (C=O) groups is 2. The lowest BCUT2D eigenvalue weighted by molar-refractivity contribution is 0.0953. The fourth-order valence-corrected chi connectivity index (χ4v) is 3.27. The number of benzene rings is 3. The van der Waals surface area contributed by atoms with Gasteiger partial charge in [-0.3, -0.25) is 9.69 Å². The van der Waals surface area contributed by atoms with Crippen LogP contribution in [-0.2, 0) is 0 Å². The number of urea groups is 1. The van der Waals surface area contributed by atoms with Crippen molar-refractivity contribution in [3.8, 4) is 0 Å². The summed E-state index contributed by atoms with van der Waals surface area (Å²) >= 11 is 6.07. The maximum atomic E-state index is 12.9. The summed E-state index contributed by atoms with van der Waals surface area (Å²) < 4.78 is 0. The molecule has 0 radical (unpaired) electrons. The molecule has 0 aliphatic carbocycles. The highest BCUT2D eigenvalue weighted by atomic mass is 35.5. The molecule has 30 heavy (non-hydrogen) atoms. The Morgan fingerprint density at radius 1 is 0.933 bits per heavy atom. The normalized spacial score (nSPS) is 10.3. The van der Waals surface area contributed by atoms with Crippen molar-refractivity contribution in [3.05, 3.63) is 95.0 Å². The molecule has 6 heteroatoms. The minimum Gasteiger partial charge on any atom is -0.352 e. The van der Waals surface area contributed by atoms with Crippen molar-refractivity contribution in [1.82, 2.24) is 5.32 Å². The van der Waals surface area contributed by atoms with E-state index < -0.39 is 0 Å². The van der Waals surface area contributed by atoms with Crippen molar-refractivity contribution in [2.45, 2.75) is 13.3 Å². The molecule has 3 rings (SSSR count). The molecular formula is C24H24ClN3O2. The lowest BCUT2D eigenvalue weighted by atomic mass is 10.2. The van der Waals surface area contributed by atoms with E-state index in [0.29, 0.717) is 30.1 Å². The largest absolute Gasteiger partial charge is 0.352 e. The van der Waals surface area contributed by atoms with Gasteiger partial charge in [0.25, 0.3) is 5.91 Å². The Bertz CT molecular complexity index is 1010. The number of hydrogen-bond acceptors (Lipinski definition) is 2. The van der Waals surface area contributed by atoms with Crippen molar-refractivity contribution < 1.29 is 9.59 Å². The minimum absolute atomic E-state index is 0.218. The van der Waals surface area contributed by atoms with Crippen LogP contribution in [0.15, 0.2) is 78.9 Å². The maximum absolute atomic E-state index is 12.9. The van der Waals surface area contributed by atoms with Crippen LogP contribution < -0.4 is 15.5 Å². The molecule has 0 heterocycles. The fourth-order valence-electron chi connectivity index (χ4n) is 3.05. The second kappa shape index (κ2) is 10.5. The molecule has 3 aromatic carbocycles. The Labute approximate surface area is 181 Å². The number of carbonyl (C=O) groups excluding carboxylic acids is 2. The van der Waals surface area contributed by atoms with Crippen LogP contribution in [0.1, 0.15) is 22.3 Å². The summed E-state index contributed by atoms with van der Waals surface area (Å²) in [5, 5.41) is 6.22. The van der Waals surface area contributed by atoms with Gasteiger partial charge in [-0.15, -0.1) is 0 Å². The fraction of sp³-hybridized carbons (Fsp3) is 0.167. The van der Waals surface area contributed by atoms with Gasteiger partial charge in [-0.25, -0.2) is 4.79 Å². The number of halogens is 1. The lowest BCUT2D eigenvalue weighted by Gasteiger charge is -2.23. The number of anilines is 2. The van der Waals surface area contributed by atoms with E-state index in [2.05, 4.69) is 10.6 Å². The van der Waals surface area contributed by atoms with Crippen molar-refractivity contribution >= 4 is 34.9 Å². The Balaban J connectivity index is 1.61. The van der Waals surface area contributed by atoms with E-state index >= 15 is 0 Å². The topological polar surface area (TPSA) is 61.4 Å². The van der Waals surface area contributed by atoms with E-state index in [1.165, 1.54) is 0 Å². The molecule has 0 saturated heterocycles. The predicted molar refractivity (Wildman–Crippen MR) is 122 cm³/mol. The second-order valence-corrected chi connectivity index (χ2v) is 7.28. The first-order valence-electron chi connectivity index (χ1n) is 9.77. The maximum Gasteiger partial charge on any atom is 0.326 e. The summed E-state index contributed by atoms with van der Waals surface area (Å²) in [5.41, 5.74) is 3.05. The summed E-state index contributed by atoms with van der Waals surface area (Å²) in [5.74, 6) is -0.226. The SMILES string of the molecule is Cc1cccc(NC(=O)N(CCCNC(=O)c2ccccc2Cl)c2ccccc2)c1. The van der Waals surface area contributed by atoms with Crippen LogP contribution in [0.3, 0.4) is 0 Å². The van der Waals surface area contributed by atoms with E-state index in [-0.39, 0.29) is 11.9 Å². The molecule has 3 amide bonds. The van der Waals surface area contributed by atoms with Gasteiger partial charge in [-0.1, -0.05) is 54.1 Å². The highest BCUT2D eigenvalue weighted by Gasteiger charge is 2.16. The third kappa shape index (κ3) is 5.84. The highest BCUT2D eigenvalue weighted by Crippen LogP contribution is 2.17. The summed E-state index contributed by atoms with van der Waals surface area (Å²) in [6, 6.07) is 23.8. The van der Waals surface area contributed by atoms with Crippen LogP contribution in [0.2, 0.25) is 5.02 Å². The quantitative estimate of drug-likeness (QED) is 0.494. The van der Waals surface area contributed by atoms with Crippen molar-refractivity contribution in [2.24, 2.45) is 0 Å². The molecule has 0 aliphatic rings. The van der Waals surface area contributed by atoms with Crippen LogP contribution in [0.4, 0.5) is 16.2 Å². The number of nitrogens with zero attached hydrogens (tertiary/aromatic N) is 1. The lowest BCUT2D eigenvalue weighted by Crippen LogP contribution is -2.37. The average molecular weight is 422 g/mol. The molecule has 0 aromatic heterocycles. The Morgan fingerprint density at radius 2 is 1.67 bits per heavy atom. The van der Waals surface area contributed by atoms with E-state index in [0.717, 1.165) is 16.9 Å². The van der Waals surface area contributed by atoms with Crippen molar-refractivity contribution in [3.63, 3.8) is 0 Å². The minimum atomic E-state index is -0.226. The van der Waals surface area contributed by atoms with Crippen molar-refractivity contribution in [1.29, 1.82) is 0 Å². The molecule has 0 spiro atoms.